The van der Waals surface area contributed by atoms with E-state index < -0.39 is 0 Å². The van der Waals surface area contributed by atoms with E-state index in [2.05, 4.69) is 12.2 Å². The van der Waals surface area contributed by atoms with Crippen molar-refractivity contribution in [1.29, 1.82) is 0 Å². The highest BCUT2D eigenvalue weighted by Crippen LogP contribution is 2.36. The Hall–Kier alpha value is -0.860. The van der Waals surface area contributed by atoms with Gasteiger partial charge < -0.3 is 5.32 Å². The van der Waals surface area contributed by atoms with Crippen LogP contribution in [0.15, 0.2) is 0 Å². The molecule has 1 amide bonds. The second-order valence-electron chi connectivity index (χ2n) is 4.36. The van der Waals surface area contributed by atoms with Crippen LogP contribution in [0.3, 0.4) is 0 Å². The molecule has 0 spiro atoms. The Bertz CT molecular complexity index is 241. The van der Waals surface area contributed by atoms with Gasteiger partial charge in [-0.15, -0.1) is 0 Å². The molecule has 2 aliphatic rings. The van der Waals surface area contributed by atoms with E-state index in [1.807, 2.05) is 0 Å². The van der Waals surface area contributed by atoms with E-state index in [1.54, 1.807) is 0 Å². The first-order chi connectivity index (χ1) is 6.16. The first kappa shape index (κ1) is 8.73. The number of nitrogens with one attached hydrogen (secondary N) is 1. The Morgan fingerprint density at radius 3 is 2.62 bits per heavy atom. The maximum Gasteiger partial charge on any atom is 0.224 e. The molecular formula is C10H15NO2. The minimum absolute atomic E-state index is 0.0124. The molecular weight excluding hydrogens is 166 g/mol. The molecule has 3 nitrogen and oxygen atoms in total. The zero-order valence-electron chi connectivity index (χ0n) is 7.88. The van der Waals surface area contributed by atoms with E-state index in [0.717, 1.165) is 12.5 Å². The molecule has 2 atom stereocenters. The van der Waals surface area contributed by atoms with Crippen LogP contribution < -0.4 is 5.32 Å². The lowest BCUT2D eigenvalue weighted by molar-refractivity contribution is -0.138. The van der Waals surface area contributed by atoms with Crippen LogP contribution in [0.25, 0.3) is 0 Å². The summed E-state index contributed by atoms with van der Waals surface area (Å²) in [4.78, 5) is 22.0. The van der Waals surface area contributed by atoms with Crippen molar-refractivity contribution < 1.29 is 9.59 Å². The third-order valence-corrected chi connectivity index (χ3v) is 3.13. The first-order valence-corrected chi connectivity index (χ1v) is 4.96. The Balaban J connectivity index is 1.64. The smallest absolute Gasteiger partial charge is 0.224 e. The number of ketones is 1. The molecule has 1 N–H and O–H groups in total. The molecule has 0 heterocycles. The topological polar surface area (TPSA) is 46.2 Å². The van der Waals surface area contributed by atoms with Crippen molar-refractivity contribution in [2.45, 2.75) is 26.2 Å². The number of hydrogen-bond donors (Lipinski definition) is 1. The number of carbonyl (C=O) groups is 2. The van der Waals surface area contributed by atoms with Crippen molar-refractivity contribution in [3.8, 4) is 0 Å². The fraction of sp³-hybridized carbons (Fsp3) is 0.800. The Morgan fingerprint density at radius 2 is 2.15 bits per heavy atom. The molecule has 0 aliphatic heterocycles. The van der Waals surface area contributed by atoms with Crippen LogP contribution in [0.4, 0.5) is 0 Å². The predicted molar refractivity (Wildman–Crippen MR) is 48.0 cm³/mol. The van der Waals surface area contributed by atoms with Crippen molar-refractivity contribution in [3.05, 3.63) is 0 Å². The molecule has 3 heteroatoms. The van der Waals surface area contributed by atoms with Crippen LogP contribution in [0.1, 0.15) is 26.2 Å². The minimum atomic E-state index is -0.0124. The molecule has 2 saturated carbocycles. The molecule has 0 aromatic carbocycles. The van der Waals surface area contributed by atoms with Crippen LogP contribution in [-0.2, 0) is 9.59 Å². The van der Waals surface area contributed by atoms with Gasteiger partial charge in [-0.3, -0.25) is 9.59 Å². The van der Waals surface area contributed by atoms with E-state index in [0.29, 0.717) is 18.8 Å². The predicted octanol–water partition coefficient (Wildman–Crippen LogP) is 0.738. The lowest BCUT2D eigenvalue weighted by atomic mass is 9.83. The van der Waals surface area contributed by atoms with Crippen LogP contribution >= 0.6 is 0 Å². The third kappa shape index (κ3) is 1.90. The number of carbonyl (C=O) groups excluding carboxylic acids is 2. The van der Waals surface area contributed by atoms with Crippen molar-refractivity contribution in [2.24, 2.45) is 17.8 Å². The molecule has 2 aliphatic carbocycles. The maximum atomic E-state index is 11.3. The Labute approximate surface area is 77.9 Å². The second kappa shape index (κ2) is 3.13. The monoisotopic (exact) mass is 181 g/mol. The van der Waals surface area contributed by atoms with Gasteiger partial charge in [0.15, 0.2) is 0 Å². The summed E-state index contributed by atoms with van der Waals surface area (Å²) < 4.78 is 0. The van der Waals surface area contributed by atoms with E-state index in [9.17, 15) is 9.59 Å². The highest BCUT2D eigenvalue weighted by Gasteiger charge is 2.35. The van der Waals surface area contributed by atoms with Gasteiger partial charge >= 0.3 is 0 Å². The fourth-order valence-electron chi connectivity index (χ4n) is 1.73. The Morgan fingerprint density at radius 1 is 1.54 bits per heavy atom. The summed E-state index contributed by atoms with van der Waals surface area (Å²) in [5.41, 5.74) is 0. The van der Waals surface area contributed by atoms with Crippen molar-refractivity contribution in [1.82, 2.24) is 5.32 Å². The lowest BCUT2D eigenvalue weighted by Crippen LogP contribution is -2.39. The molecule has 0 bridgehead atoms. The number of Topliss-reactive ketones (excluding diaryl/α,β-unsaturated/α-hetero) is 1. The number of hydrogen-bond acceptors (Lipinski definition) is 2. The third-order valence-electron chi connectivity index (χ3n) is 3.13. The van der Waals surface area contributed by atoms with Gasteiger partial charge in [-0.25, -0.2) is 0 Å². The van der Waals surface area contributed by atoms with Gasteiger partial charge in [0, 0.05) is 19.4 Å². The highest BCUT2D eigenvalue weighted by molar-refractivity contribution is 5.96. The SMILES string of the molecule is CC1CC1CNC(=O)C1CC(=O)C1. The summed E-state index contributed by atoms with van der Waals surface area (Å²) >= 11 is 0. The molecule has 2 fully saturated rings. The Kier molecular flexibility index (Phi) is 2.10. The summed E-state index contributed by atoms with van der Waals surface area (Å²) in [5.74, 6) is 1.77. The van der Waals surface area contributed by atoms with E-state index in [1.165, 1.54) is 6.42 Å². The molecule has 2 rings (SSSR count). The van der Waals surface area contributed by atoms with Gasteiger partial charge in [-0.1, -0.05) is 6.92 Å². The normalized spacial score (nSPS) is 32.5. The van der Waals surface area contributed by atoms with Gasteiger partial charge in [0.1, 0.15) is 5.78 Å². The highest BCUT2D eigenvalue weighted by atomic mass is 16.2. The molecule has 0 radical (unpaired) electrons. The molecule has 2 unspecified atom stereocenters. The van der Waals surface area contributed by atoms with Gasteiger partial charge in [-0.05, 0) is 18.3 Å². The standard InChI is InChI=1S/C10H15NO2/c1-6-2-8(6)5-11-10(13)7-3-9(12)4-7/h6-8H,2-5H2,1H3,(H,11,13). The van der Waals surface area contributed by atoms with E-state index in [-0.39, 0.29) is 17.6 Å². The first-order valence-electron chi connectivity index (χ1n) is 4.96. The van der Waals surface area contributed by atoms with Crippen molar-refractivity contribution in [3.63, 3.8) is 0 Å². The van der Waals surface area contributed by atoms with Gasteiger partial charge in [0.25, 0.3) is 0 Å². The quantitative estimate of drug-likeness (QED) is 0.698. The van der Waals surface area contributed by atoms with Crippen LogP contribution in [0.5, 0.6) is 0 Å². The molecule has 0 aromatic heterocycles. The summed E-state index contributed by atoms with van der Waals surface area (Å²) in [6.45, 7) is 3.01. The lowest BCUT2D eigenvalue weighted by Gasteiger charge is -2.22. The molecule has 72 valence electrons. The van der Waals surface area contributed by atoms with Gasteiger partial charge in [0.2, 0.25) is 5.91 Å². The summed E-state index contributed by atoms with van der Waals surface area (Å²) in [6.07, 6.45) is 2.17. The maximum absolute atomic E-state index is 11.3. The fourth-order valence-corrected chi connectivity index (χ4v) is 1.73. The number of rotatable bonds is 3. The second-order valence-corrected chi connectivity index (χ2v) is 4.36. The van der Waals surface area contributed by atoms with Crippen LogP contribution in [-0.4, -0.2) is 18.2 Å². The number of amides is 1. The molecule has 0 saturated heterocycles. The van der Waals surface area contributed by atoms with Gasteiger partial charge in [0.05, 0.1) is 5.92 Å². The van der Waals surface area contributed by atoms with Crippen LogP contribution in [0, 0.1) is 17.8 Å². The average molecular weight is 181 g/mol. The summed E-state index contributed by atoms with van der Waals surface area (Å²) in [6, 6.07) is 0. The average Bonchev–Trinajstić information content (AvgIpc) is 2.72. The minimum Gasteiger partial charge on any atom is -0.356 e. The molecule has 0 aromatic rings. The van der Waals surface area contributed by atoms with Crippen molar-refractivity contribution >= 4 is 11.7 Å². The zero-order valence-corrected chi connectivity index (χ0v) is 7.88. The molecule has 13 heavy (non-hydrogen) atoms. The van der Waals surface area contributed by atoms with E-state index in [4.69, 9.17) is 0 Å². The largest absolute Gasteiger partial charge is 0.356 e. The van der Waals surface area contributed by atoms with Crippen LogP contribution in [0.2, 0.25) is 0 Å². The summed E-state index contributed by atoms with van der Waals surface area (Å²) in [5, 5.41) is 2.91. The van der Waals surface area contributed by atoms with Crippen molar-refractivity contribution in [2.75, 3.05) is 6.54 Å². The van der Waals surface area contributed by atoms with Gasteiger partial charge in [-0.2, -0.15) is 0 Å². The summed E-state index contributed by atoms with van der Waals surface area (Å²) in [7, 11) is 0. The zero-order chi connectivity index (χ0) is 9.42. The van der Waals surface area contributed by atoms with E-state index >= 15 is 0 Å².